The third-order valence-corrected chi connectivity index (χ3v) is 7.00. The Hall–Kier alpha value is -3.69. The van der Waals surface area contributed by atoms with Crippen molar-refractivity contribution in [2.24, 2.45) is 17.6 Å². The van der Waals surface area contributed by atoms with Crippen LogP contribution >= 0.6 is 0 Å². The normalized spacial score (nSPS) is 16.0. The van der Waals surface area contributed by atoms with Crippen LogP contribution in [-0.2, 0) is 11.2 Å². The van der Waals surface area contributed by atoms with Crippen LogP contribution in [-0.4, -0.2) is 20.5 Å². The van der Waals surface area contributed by atoms with E-state index in [1.54, 1.807) is 14.2 Å². The molecule has 0 fully saturated rings. The lowest BCUT2D eigenvalue weighted by atomic mass is 9.77. The van der Waals surface area contributed by atoms with E-state index in [4.69, 9.17) is 5.73 Å². The van der Waals surface area contributed by atoms with Crippen molar-refractivity contribution in [2.45, 2.75) is 59.8 Å². The Balaban J connectivity index is 0.000000297. The summed E-state index contributed by atoms with van der Waals surface area (Å²) in [6.07, 6.45) is 8.52. The number of carbonyl (C=O) groups excluding carboxylic acids is 1. The second-order valence-electron chi connectivity index (χ2n) is 10.6. The predicted molar refractivity (Wildman–Crippen MR) is 177 cm³/mol. The van der Waals surface area contributed by atoms with Gasteiger partial charge in [0.2, 0.25) is 0 Å². The number of hydrogen-bond donors (Lipinski definition) is 1. The van der Waals surface area contributed by atoms with Crippen molar-refractivity contribution < 1.29 is 9.53 Å². The first kappa shape index (κ1) is 35.3. The zero-order chi connectivity index (χ0) is 30.6. The number of hydrogen-bond acceptors (Lipinski definition) is 3. The number of nitrogens with two attached hydrogens (primary N) is 1. The smallest absolute Gasteiger partial charge is 0.150 e. The van der Waals surface area contributed by atoms with Gasteiger partial charge in [-0.3, -0.25) is 4.79 Å². The van der Waals surface area contributed by atoms with Crippen molar-refractivity contribution in [3.05, 3.63) is 143 Å². The molecule has 3 heteroatoms. The van der Waals surface area contributed by atoms with Crippen LogP contribution in [0.25, 0.3) is 0 Å². The van der Waals surface area contributed by atoms with Crippen LogP contribution in [0.3, 0.4) is 0 Å². The Morgan fingerprint density at radius 3 is 1.83 bits per heavy atom. The van der Waals surface area contributed by atoms with Gasteiger partial charge < -0.3 is 10.5 Å². The van der Waals surface area contributed by atoms with Gasteiger partial charge >= 0.3 is 0 Å². The molecule has 1 aliphatic rings. The molecule has 0 radical (unpaired) electrons. The quantitative estimate of drug-likeness (QED) is 0.309. The topological polar surface area (TPSA) is 52.3 Å². The lowest BCUT2D eigenvalue weighted by molar-refractivity contribution is 0.112. The molecule has 0 bridgehead atoms. The van der Waals surface area contributed by atoms with Gasteiger partial charge in [0.05, 0.1) is 0 Å². The summed E-state index contributed by atoms with van der Waals surface area (Å²) in [6, 6.07) is 28.8. The van der Waals surface area contributed by atoms with Gasteiger partial charge in [0, 0.05) is 31.4 Å². The van der Waals surface area contributed by atoms with Crippen molar-refractivity contribution in [3.8, 4) is 0 Å². The second-order valence-corrected chi connectivity index (χ2v) is 10.6. The number of ether oxygens (including phenoxy) is 1. The molecule has 0 heterocycles. The molecule has 4 rings (SSSR count). The van der Waals surface area contributed by atoms with Gasteiger partial charge in [0.15, 0.2) is 0 Å². The molecule has 0 amide bonds. The summed E-state index contributed by atoms with van der Waals surface area (Å²) in [5.74, 6) is 1.80. The fourth-order valence-corrected chi connectivity index (χ4v) is 5.00. The third kappa shape index (κ3) is 13.0. The predicted octanol–water partition coefficient (Wildman–Crippen LogP) is 9.56. The number of carbonyl (C=O) groups is 1. The molecule has 3 nitrogen and oxygen atoms in total. The number of aryl methyl sites for hydroxylation is 1. The molecule has 0 saturated carbocycles. The Morgan fingerprint density at radius 2 is 1.44 bits per heavy atom. The minimum atomic E-state index is 0.484. The second kappa shape index (κ2) is 20.2. The maximum atomic E-state index is 10.2. The summed E-state index contributed by atoms with van der Waals surface area (Å²) in [5, 5.41) is 0. The van der Waals surface area contributed by atoms with E-state index in [0.717, 1.165) is 36.3 Å². The molecule has 3 aromatic rings. The van der Waals surface area contributed by atoms with Gasteiger partial charge in [0.1, 0.15) is 6.29 Å². The van der Waals surface area contributed by atoms with Gasteiger partial charge in [0.25, 0.3) is 0 Å². The average molecular weight is 554 g/mol. The fraction of sp³-hybridized carbons (Fsp3) is 0.342. The molecule has 1 aliphatic carbocycles. The van der Waals surface area contributed by atoms with Crippen LogP contribution in [0.4, 0.5) is 0 Å². The minimum Gasteiger partial charge on any atom is -0.399 e. The highest BCUT2D eigenvalue weighted by atomic mass is 16.4. The SMILES string of the molecule is C=C(N)C1=C(/C=C\C)CC(C)CC1C.CC(c1ccccc1)c1ccccc1.CCc1ccc(C=O)cc1.COC. The number of benzene rings is 3. The van der Waals surface area contributed by atoms with Crippen LogP contribution in [0.2, 0.25) is 0 Å². The average Bonchev–Trinajstić information content (AvgIpc) is 2.98. The highest BCUT2D eigenvalue weighted by Crippen LogP contribution is 2.36. The van der Waals surface area contributed by atoms with E-state index in [2.05, 4.69) is 112 Å². The minimum absolute atomic E-state index is 0.484. The Labute approximate surface area is 249 Å². The van der Waals surface area contributed by atoms with Crippen LogP contribution in [0.1, 0.15) is 80.4 Å². The van der Waals surface area contributed by atoms with E-state index in [1.165, 1.54) is 34.3 Å². The zero-order valence-corrected chi connectivity index (χ0v) is 26.3. The molecule has 2 atom stereocenters. The van der Waals surface area contributed by atoms with Crippen LogP contribution in [0.5, 0.6) is 0 Å². The monoisotopic (exact) mass is 553 g/mol. The molecule has 0 spiro atoms. The van der Waals surface area contributed by atoms with Crippen molar-refractivity contribution in [1.82, 2.24) is 0 Å². The third-order valence-electron chi connectivity index (χ3n) is 7.00. The summed E-state index contributed by atoms with van der Waals surface area (Å²) in [7, 11) is 3.25. The molecule has 220 valence electrons. The molecule has 3 aromatic carbocycles. The van der Waals surface area contributed by atoms with E-state index in [1.807, 2.05) is 31.2 Å². The first-order valence-electron chi connectivity index (χ1n) is 14.6. The Kier molecular flexibility index (Phi) is 17.4. The maximum absolute atomic E-state index is 10.2. The van der Waals surface area contributed by atoms with Crippen LogP contribution < -0.4 is 5.73 Å². The van der Waals surface area contributed by atoms with Crippen LogP contribution in [0, 0.1) is 11.8 Å². The van der Waals surface area contributed by atoms with Crippen molar-refractivity contribution >= 4 is 6.29 Å². The standard InChI is InChI=1S/C14H14.C13H21N.C9H10O.C2H6O/c1-12(13-8-4-2-5-9-13)14-10-6-3-7-11-14;1-5-6-12-8-9(2)7-10(3)13(12)11(4)14;1-2-8-3-5-9(7-10)6-4-8;1-3-2/h2-12H,1H3;5-6,9-10H,4,7-8,14H2,1-3H3;3-7H,2H2,1H3;1-2H3/b;6-5-;;. The van der Waals surface area contributed by atoms with E-state index in [-0.39, 0.29) is 0 Å². The first-order chi connectivity index (χ1) is 19.7. The molecule has 2 unspecified atom stereocenters. The van der Waals surface area contributed by atoms with Crippen molar-refractivity contribution in [3.63, 3.8) is 0 Å². The summed E-state index contributed by atoms with van der Waals surface area (Å²) in [4.78, 5) is 10.2. The van der Waals surface area contributed by atoms with E-state index in [0.29, 0.717) is 11.8 Å². The van der Waals surface area contributed by atoms with Gasteiger partial charge in [-0.25, -0.2) is 0 Å². The largest absolute Gasteiger partial charge is 0.399 e. The number of allylic oxidation sites excluding steroid dienone is 4. The number of methoxy groups -OCH3 is 1. The molecule has 0 saturated heterocycles. The molecule has 0 aliphatic heterocycles. The lowest BCUT2D eigenvalue weighted by Crippen LogP contribution is -2.18. The summed E-state index contributed by atoms with van der Waals surface area (Å²) < 4.78 is 4.25. The Morgan fingerprint density at radius 1 is 0.951 bits per heavy atom. The molecular weight excluding hydrogens is 502 g/mol. The van der Waals surface area contributed by atoms with Crippen molar-refractivity contribution in [1.29, 1.82) is 0 Å². The molecule has 0 aromatic heterocycles. The van der Waals surface area contributed by atoms with Crippen molar-refractivity contribution in [2.75, 3.05) is 14.2 Å². The van der Waals surface area contributed by atoms with E-state index >= 15 is 0 Å². The zero-order valence-electron chi connectivity index (χ0n) is 26.3. The molecule has 41 heavy (non-hydrogen) atoms. The molecule has 2 N–H and O–H groups in total. The van der Waals surface area contributed by atoms with E-state index in [9.17, 15) is 4.79 Å². The summed E-state index contributed by atoms with van der Waals surface area (Å²) in [5.41, 5.74) is 14.0. The fourth-order valence-electron chi connectivity index (χ4n) is 5.00. The van der Waals surface area contributed by atoms with Gasteiger partial charge in [-0.2, -0.15) is 0 Å². The summed E-state index contributed by atoms with van der Waals surface area (Å²) in [6.45, 7) is 14.8. The lowest BCUT2D eigenvalue weighted by Gasteiger charge is -2.29. The van der Waals surface area contributed by atoms with E-state index < -0.39 is 0 Å². The van der Waals surface area contributed by atoms with Gasteiger partial charge in [-0.1, -0.05) is 131 Å². The highest BCUT2D eigenvalue weighted by Gasteiger charge is 2.23. The number of aldehydes is 1. The van der Waals surface area contributed by atoms with Crippen LogP contribution in [0.15, 0.2) is 121 Å². The van der Waals surface area contributed by atoms with Gasteiger partial charge in [-0.05, 0) is 65.9 Å². The Bertz CT molecular complexity index is 1150. The molecular formula is C38H51NO2. The maximum Gasteiger partial charge on any atom is 0.150 e. The summed E-state index contributed by atoms with van der Waals surface area (Å²) >= 11 is 0. The number of rotatable bonds is 6. The first-order valence-corrected chi connectivity index (χ1v) is 14.6. The highest BCUT2D eigenvalue weighted by molar-refractivity contribution is 5.74. The van der Waals surface area contributed by atoms with Gasteiger partial charge in [-0.15, -0.1) is 0 Å².